The largest absolute Gasteiger partial charge is 0.394 e. The Morgan fingerprint density at radius 2 is 1.14 bits per heavy atom. The van der Waals surface area contributed by atoms with Crippen LogP contribution in [-0.2, 0) is 20.4 Å². The Kier molecular flexibility index (Phi) is 34.3. The van der Waals surface area contributed by atoms with E-state index in [0.717, 1.165) is 0 Å². The first-order valence-electron chi connectivity index (χ1n) is 15.2. The smallest absolute Gasteiger partial charge is 0.0297 e. The van der Waals surface area contributed by atoms with Gasteiger partial charge in [-0.3, -0.25) is 4.98 Å². The van der Waals surface area contributed by atoms with Crippen molar-refractivity contribution in [1.29, 1.82) is 0 Å². The molecule has 2 aromatic heterocycles. The zero-order valence-electron chi connectivity index (χ0n) is 29.5. The summed E-state index contributed by atoms with van der Waals surface area (Å²) < 4.78 is 0. The molecule has 1 aliphatic carbocycles. The Balaban J connectivity index is -0.000000137. The van der Waals surface area contributed by atoms with Crippen LogP contribution in [0.25, 0.3) is 0 Å². The van der Waals surface area contributed by atoms with Crippen molar-refractivity contribution in [3.8, 4) is 0 Å². The molecule has 0 saturated carbocycles. The maximum Gasteiger partial charge on any atom is 0.0297 e. The van der Waals surface area contributed by atoms with Crippen LogP contribution in [0.3, 0.4) is 0 Å². The van der Waals surface area contributed by atoms with Crippen molar-refractivity contribution >= 4 is 0 Å². The van der Waals surface area contributed by atoms with Gasteiger partial charge < -0.3 is 4.98 Å². The van der Waals surface area contributed by atoms with Gasteiger partial charge in [0.05, 0.1) is 0 Å². The second-order valence-electron chi connectivity index (χ2n) is 11.0. The van der Waals surface area contributed by atoms with E-state index in [1.165, 1.54) is 35.1 Å². The van der Waals surface area contributed by atoms with E-state index < -0.39 is 0 Å². The minimum Gasteiger partial charge on any atom is -0.394 e. The van der Waals surface area contributed by atoms with Crippen LogP contribution in [0, 0.1) is 44.7 Å². The van der Waals surface area contributed by atoms with Crippen molar-refractivity contribution in [1.82, 2.24) is 9.97 Å². The molecule has 0 bridgehead atoms. The fraction of sp³-hybridized carbons (Fsp3) is 0.538. The molecule has 2 nitrogen and oxygen atoms in total. The Bertz CT molecular complexity index is 952. The average Bonchev–Trinajstić information content (AvgIpc) is 2.92. The summed E-state index contributed by atoms with van der Waals surface area (Å²) in [7, 11) is 0. The van der Waals surface area contributed by atoms with Crippen molar-refractivity contribution in [3.63, 3.8) is 0 Å². The van der Waals surface area contributed by atoms with Gasteiger partial charge in [-0.25, -0.2) is 0 Å². The SMILES string of the molecule is C.CC.CC.CC.CC1=C(C)C(C)(C)CC(C)(C)C1.Cc1c[c-]ncc1.Cc1ccccc1.Cc1cncc(C)c1.[Re]. The molecule has 0 aliphatic heterocycles. The maximum atomic E-state index is 3.98. The van der Waals surface area contributed by atoms with Gasteiger partial charge in [-0.1, -0.05) is 149 Å². The number of hydrogen-bond acceptors (Lipinski definition) is 2. The molecule has 0 saturated heterocycles. The molecule has 0 atom stereocenters. The Morgan fingerprint density at radius 3 is 1.40 bits per heavy atom. The Morgan fingerprint density at radius 1 is 0.667 bits per heavy atom. The molecule has 0 spiro atoms. The molecule has 0 N–H and O–H groups in total. The predicted octanol–water partition coefficient (Wildman–Crippen LogP) is 12.8. The van der Waals surface area contributed by atoms with E-state index in [2.05, 4.69) is 82.8 Å². The second-order valence-corrected chi connectivity index (χ2v) is 11.0. The zero-order valence-corrected chi connectivity index (χ0v) is 32.3. The second kappa shape index (κ2) is 29.0. The molecule has 1 aromatic carbocycles. The summed E-state index contributed by atoms with van der Waals surface area (Å²) in [6.45, 7) is 34.3. The summed E-state index contributed by atoms with van der Waals surface area (Å²) in [6.07, 6.45) is 10.8. The minimum atomic E-state index is 0. The van der Waals surface area contributed by atoms with Crippen LogP contribution in [0.1, 0.15) is 126 Å². The molecule has 0 unspecified atom stereocenters. The number of hydrogen-bond donors (Lipinski definition) is 0. The first kappa shape index (κ1) is 49.6. The topological polar surface area (TPSA) is 25.8 Å². The summed E-state index contributed by atoms with van der Waals surface area (Å²) in [5, 5.41) is 0. The van der Waals surface area contributed by atoms with Crippen molar-refractivity contribution in [2.24, 2.45) is 10.8 Å². The molecular weight excluding hydrogens is 683 g/mol. The van der Waals surface area contributed by atoms with Crippen LogP contribution in [0.2, 0.25) is 0 Å². The molecule has 3 heteroatoms. The van der Waals surface area contributed by atoms with Gasteiger partial charge in [-0.2, -0.15) is 17.7 Å². The van der Waals surface area contributed by atoms with Crippen molar-refractivity contribution in [3.05, 3.63) is 107 Å². The van der Waals surface area contributed by atoms with Crippen LogP contribution in [0.4, 0.5) is 0 Å². The van der Waals surface area contributed by atoms with E-state index in [1.807, 2.05) is 105 Å². The molecule has 1 radical (unpaired) electrons. The monoisotopic (exact) mass is 750 g/mol. The van der Waals surface area contributed by atoms with Gasteiger partial charge in [-0.05, 0) is 69.4 Å². The van der Waals surface area contributed by atoms with Gasteiger partial charge in [0.15, 0.2) is 0 Å². The first-order chi connectivity index (χ1) is 18.8. The fourth-order valence-corrected chi connectivity index (χ4v) is 4.45. The molecule has 1 aliphatic rings. The summed E-state index contributed by atoms with van der Waals surface area (Å²) in [5.74, 6) is 0. The molecule has 3 aromatic rings. The Hall–Kier alpha value is -2.08. The average molecular weight is 750 g/mol. The quantitative estimate of drug-likeness (QED) is 0.169. The third-order valence-electron chi connectivity index (χ3n) is 6.05. The minimum absolute atomic E-state index is 0. The van der Waals surface area contributed by atoms with Gasteiger partial charge >= 0.3 is 0 Å². The van der Waals surface area contributed by atoms with Gasteiger partial charge in [0.25, 0.3) is 0 Å². The third kappa shape index (κ3) is 25.6. The number of pyridine rings is 2. The molecular formula is C39H67N2Re-. The zero-order chi connectivity index (χ0) is 31.8. The van der Waals surface area contributed by atoms with Crippen molar-refractivity contribution in [2.45, 2.75) is 131 Å². The van der Waals surface area contributed by atoms with Crippen LogP contribution >= 0.6 is 0 Å². The fourth-order valence-electron chi connectivity index (χ4n) is 4.45. The van der Waals surface area contributed by atoms with Crippen LogP contribution in [0.15, 0.2) is 78.3 Å². The molecule has 4 rings (SSSR count). The summed E-state index contributed by atoms with van der Waals surface area (Å²) >= 11 is 0. The van der Waals surface area contributed by atoms with Crippen molar-refractivity contribution < 1.29 is 20.4 Å². The van der Waals surface area contributed by atoms with E-state index >= 15 is 0 Å². The van der Waals surface area contributed by atoms with E-state index in [4.69, 9.17) is 0 Å². The maximum absolute atomic E-state index is 3.98. The predicted molar refractivity (Wildman–Crippen MR) is 189 cm³/mol. The number of nitrogens with zero attached hydrogens (tertiary/aromatic N) is 2. The van der Waals surface area contributed by atoms with Gasteiger partial charge in [0.1, 0.15) is 0 Å². The van der Waals surface area contributed by atoms with Gasteiger partial charge in [0.2, 0.25) is 0 Å². The molecule has 42 heavy (non-hydrogen) atoms. The molecule has 241 valence electrons. The normalized spacial score (nSPS) is 13.0. The van der Waals surface area contributed by atoms with E-state index in [0.29, 0.717) is 10.8 Å². The molecule has 0 fully saturated rings. The third-order valence-corrected chi connectivity index (χ3v) is 6.05. The first-order valence-corrected chi connectivity index (χ1v) is 15.2. The number of aromatic nitrogens is 2. The standard InChI is InChI=1S/C12H22.C7H9N.C7H8.C6H6N.3C2H6.CH4.Re/c1-9-7-11(3,4)8-12(5,6)10(9)2;1-6-3-7(2)5-8-4-6;1-7-5-3-2-4-6-7;1-6-2-4-7-5-3-6;3*1-2;;/h7-8H2,1-6H3;3-5H,1-2H3;2-6H,1H3;2-4H,1H3;3*1-2H3;1H4;/q;;;-1;;;;;. The van der Waals surface area contributed by atoms with E-state index in [9.17, 15) is 0 Å². The number of rotatable bonds is 0. The van der Waals surface area contributed by atoms with Gasteiger partial charge in [-0.15, -0.1) is 0 Å². The number of benzene rings is 1. The van der Waals surface area contributed by atoms with E-state index in [1.54, 1.807) is 17.3 Å². The van der Waals surface area contributed by atoms with Crippen LogP contribution in [-0.4, -0.2) is 9.97 Å². The summed E-state index contributed by atoms with van der Waals surface area (Å²) in [6, 6.07) is 16.2. The molecule has 0 amide bonds. The van der Waals surface area contributed by atoms with Crippen molar-refractivity contribution in [2.75, 3.05) is 0 Å². The van der Waals surface area contributed by atoms with E-state index in [-0.39, 0.29) is 27.8 Å². The van der Waals surface area contributed by atoms with Gasteiger partial charge in [0, 0.05) is 32.8 Å². The summed E-state index contributed by atoms with van der Waals surface area (Å²) in [4.78, 5) is 7.70. The molecule has 2 heterocycles. The summed E-state index contributed by atoms with van der Waals surface area (Å²) in [5.41, 5.74) is 9.13. The Labute approximate surface area is 278 Å². The van der Waals surface area contributed by atoms with Crippen LogP contribution < -0.4 is 0 Å². The number of allylic oxidation sites excluding steroid dienone is 2. The van der Waals surface area contributed by atoms with Crippen LogP contribution in [0.5, 0.6) is 0 Å². The number of aryl methyl sites for hydroxylation is 4.